The monoisotopic (exact) mass is 726 g/mol. The van der Waals surface area contributed by atoms with E-state index in [1.54, 1.807) is 0 Å². The van der Waals surface area contributed by atoms with Crippen LogP contribution in [0.25, 0.3) is 60.3 Å². The average Bonchev–Trinajstić information content (AvgIpc) is 3.89. The number of hydrogen-bond acceptors (Lipinski definition) is 5. The number of para-hydroxylation sites is 4. The van der Waals surface area contributed by atoms with E-state index in [2.05, 4.69) is 193 Å². The molecule has 4 heterocycles. The third kappa shape index (κ3) is 5.21. The summed E-state index contributed by atoms with van der Waals surface area (Å²) in [5.41, 5.74) is 9.45. The maximum atomic E-state index is 6.86. The van der Waals surface area contributed by atoms with Crippen LogP contribution in [0.15, 0.2) is 168 Å². The van der Waals surface area contributed by atoms with Gasteiger partial charge in [-0.3, -0.25) is 4.57 Å². The summed E-state index contributed by atoms with van der Waals surface area (Å²) in [7, 11) is 0. The summed E-state index contributed by atoms with van der Waals surface area (Å²) in [5.74, 6) is 2.33. The van der Waals surface area contributed by atoms with Gasteiger partial charge in [0.2, 0.25) is 0 Å². The predicted octanol–water partition coefficient (Wildman–Crippen LogP) is 13.6. The summed E-state index contributed by atoms with van der Waals surface area (Å²) in [6.45, 7) is 7.45. The van der Waals surface area contributed by atoms with Gasteiger partial charge in [0.1, 0.15) is 35.2 Å². The molecule has 0 radical (unpaired) electrons. The van der Waals surface area contributed by atoms with Gasteiger partial charge in [0.25, 0.3) is 0 Å². The molecule has 56 heavy (non-hydrogen) atoms. The third-order valence-electron chi connectivity index (χ3n) is 11.2. The third-order valence-corrected chi connectivity index (χ3v) is 11.2. The number of hydrogen-bond donors (Lipinski definition) is 0. The second kappa shape index (κ2) is 12.2. The minimum Gasteiger partial charge on any atom is -0.457 e. The van der Waals surface area contributed by atoms with E-state index in [1.165, 1.54) is 22.3 Å². The van der Waals surface area contributed by atoms with Crippen molar-refractivity contribution < 1.29 is 9.15 Å². The van der Waals surface area contributed by atoms with Crippen molar-refractivity contribution in [3.05, 3.63) is 169 Å². The van der Waals surface area contributed by atoms with Crippen molar-refractivity contribution in [2.24, 2.45) is 0 Å². The van der Waals surface area contributed by atoms with Crippen LogP contribution in [0.3, 0.4) is 0 Å². The molecule has 7 aromatic carbocycles. The Labute approximate surface area is 324 Å². The van der Waals surface area contributed by atoms with E-state index < -0.39 is 0 Å². The summed E-state index contributed by atoms with van der Waals surface area (Å²) in [5, 5.41) is 6.69. The molecule has 0 bridgehead atoms. The largest absolute Gasteiger partial charge is 0.457 e. The van der Waals surface area contributed by atoms with Crippen LogP contribution in [0, 0.1) is 0 Å². The zero-order chi connectivity index (χ0) is 37.5. The van der Waals surface area contributed by atoms with E-state index in [-0.39, 0.29) is 5.41 Å². The van der Waals surface area contributed by atoms with Gasteiger partial charge in [-0.05, 0) is 88.5 Å². The number of rotatable bonds is 5. The molecule has 0 unspecified atom stereocenters. The van der Waals surface area contributed by atoms with Crippen molar-refractivity contribution in [2.45, 2.75) is 26.2 Å². The minimum atomic E-state index is -0.101. The Morgan fingerprint density at radius 3 is 2.02 bits per heavy atom. The Bertz CT molecular complexity index is 3150. The lowest BCUT2D eigenvalue weighted by atomic mass is 9.86. The van der Waals surface area contributed by atoms with Gasteiger partial charge in [-0.15, -0.1) is 0 Å². The van der Waals surface area contributed by atoms with Gasteiger partial charge >= 0.3 is 0 Å². The summed E-state index contributed by atoms with van der Waals surface area (Å²) < 4.78 is 15.6. The number of aromatic nitrogens is 2. The molecule has 0 fully saturated rings. The first-order chi connectivity index (χ1) is 27.4. The van der Waals surface area contributed by atoms with E-state index >= 15 is 0 Å². The van der Waals surface area contributed by atoms with Crippen molar-refractivity contribution in [1.29, 1.82) is 0 Å². The molecule has 10 aromatic rings. The fourth-order valence-corrected chi connectivity index (χ4v) is 8.36. The first-order valence-corrected chi connectivity index (χ1v) is 19.1. The smallest absolute Gasteiger partial charge is 0.141 e. The van der Waals surface area contributed by atoms with Crippen LogP contribution in [0.5, 0.6) is 11.5 Å². The summed E-state index contributed by atoms with van der Waals surface area (Å²) in [6.07, 6.45) is 1.95. The number of fused-ring (bicyclic) bond motifs is 8. The number of furan rings is 1. The van der Waals surface area contributed by atoms with E-state index in [0.717, 1.165) is 77.8 Å². The van der Waals surface area contributed by atoms with Gasteiger partial charge in [0.15, 0.2) is 0 Å². The SMILES string of the molecule is CC(C)(C)c1cc(Oc2ccc3c4ccccc4n(-c4cc5oc6cc7ccccc7cc6c5cn4)c3c2)cc(N2CN(c3ccccc3)c3ccccc32)c1. The number of anilines is 4. The average molecular weight is 727 g/mol. The Morgan fingerprint density at radius 2 is 1.21 bits per heavy atom. The van der Waals surface area contributed by atoms with Crippen molar-refractivity contribution in [3.8, 4) is 17.3 Å². The summed E-state index contributed by atoms with van der Waals surface area (Å²) >= 11 is 0. The fourth-order valence-electron chi connectivity index (χ4n) is 8.36. The molecule has 0 atom stereocenters. The van der Waals surface area contributed by atoms with E-state index in [1.807, 2.05) is 6.20 Å². The molecule has 1 aliphatic heterocycles. The number of benzene rings is 7. The normalized spacial score (nSPS) is 13.1. The molecule has 0 spiro atoms. The molecule has 0 aliphatic carbocycles. The molecule has 0 N–H and O–H groups in total. The van der Waals surface area contributed by atoms with E-state index in [0.29, 0.717) is 6.67 Å². The van der Waals surface area contributed by atoms with E-state index in [4.69, 9.17) is 14.1 Å². The van der Waals surface area contributed by atoms with Gasteiger partial charge in [0, 0.05) is 57.3 Å². The van der Waals surface area contributed by atoms with Gasteiger partial charge in [-0.25, -0.2) is 4.98 Å². The van der Waals surface area contributed by atoms with Crippen LogP contribution in [-0.2, 0) is 5.41 Å². The summed E-state index contributed by atoms with van der Waals surface area (Å²) in [6, 6.07) is 55.5. The highest BCUT2D eigenvalue weighted by molar-refractivity contribution is 6.11. The van der Waals surface area contributed by atoms with Crippen molar-refractivity contribution >= 4 is 77.3 Å². The second-order valence-electron chi connectivity index (χ2n) is 15.8. The molecule has 6 nitrogen and oxygen atoms in total. The molecule has 0 amide bonds. The van der Waals surface area contributed by atoms with Gasteiger partial charge in [-0.2, -0.15) is 0 Å². The maximum absolute atomic E-state index is 6.86. The highest BCUT2D eigenvalue weighted by Gasteiger charge is 2.29. The molecule has 11 rings (SSSR count). The Balaban J connectivity index is 1.01. The van der Waals surface area contributed by atoms with Crippen LogP contribution in [-0.4, -0.2) is 16.2 Å². The number of nitrogens with zero attached hydrogens (tertiary/aromatic N) is 4. The molecule has 6 heteroatoms. The van der Waals surface area contributed by atoms with Crippen LogP contribution < -0.4 is 14.5 Å². The topological polar surface area (TPSA) is 46.7 Å². The van der Waals surface area contributed by atoms with Crippen LogP contribution in [0.1, 0.15) is 26.3 Å². The molecule has 270 valence electrons. The van der Waals surface area contributed by atoms with Crippen LogP contribution in [0.4, 0.5) is 22.7 Å². The molecular weight excluding hydrogens is 689 g/mol. The van der Waals surface area contributed by atoms with E-state index in [9.17, 15) is 0 Å². The second-order valence-corrected chi connectivity index (χ2v) is 15.8. The lowest BCUT2D eigenvalue weighted by Crippen LogP contribution is -2.24. The first-order valence-electron chi connectivity index (χ1n) is 19.1. The minimum absolute atomic E-state index is 0.101. The summed E-state index contributed by atoms with van der Waals surface area (Å²) in [4.78, 5) is 9.81. The van der Waals surface area contributed by atoms with Gasteiger partial charge < -0.3 is 19.0 Å². The zero-order valence-corrected chi connectivity index (χ0v) is 31.4. The quantitative estimate of drug-likeness (QED) is 0.177. The van der Waals surface area contributed by atoms with Gasteiger partial charge in [0.05, 0.1) is 22.4 Å². The standard InChI is InChI=1S/C50H38N4O2/c1-50(2,3)34-25-36(53-31-52(35-15-5-4-6-16-35)44-19-11-12-20-45(44)53)27-38(26-34)55-37-21-22-40-39-17-9-10-18-43(39)54(46(40)28-37)49-29-48-42(30-51-49)41-23-32-13-7-8-14-33(32)24-47(41)56-48/h4-30H,31H2,1-3H3. The molecule has 1 aliphatic rings. The molecule has 0 saturated carbocycles. The van der Waals surface area contributed by atoms with Crippen molar-refractivity contribution in [3.63, 3.8) is 0 Å². The first kappa shape index (κ1) is 32.4. The number of pyridine rings is 1. The molecule has 0 saturated heterocycles. The van der Waals surface area contributed by atoms with Crippen LogP contribution >= 0.6 is 0 Å². The number of ether oxygens (including phenoxy) is 1. The lowest BCUT2D eigenvalue weighted by molar-refractivity contribution is 0.479. The zero-order valence-electron chi connectivity index (χ0n) is 31.4. The van der Waals surface area contributed by atoms with Gasteiger partial charge in [-0.1, -0.05) is 93.6 Å². The Morgan fingerprint density at radius 1 is 0.536 bits per heavy atom. The molecular formula is C50H38N4O2. The lowest BCUT2D eigenvalue weighted by Gasteiger charge is -2.26. The van der Waals surface area contributed by atoms with Crippen LogP contribution in [0.2, 0.25) is 0 Å². The predicted molar refractivity (Wildman–Crippen MR) is 231 cm³/mol. The van der Waals surface area contributed by atoms with Crippen molar-refractivity contribution in [1.82, 2.24) is 9.55 Å². The molecule has 3 aromatic heterocycles. The Kier molecular flexibility index (Phi) is 7.08. The highest BCUT2D eigenvalue weighted by Crippen LogP contribution is 2.46. The maximum Gasteiger partial charge on any atom is 0.141 e. The Hall–Kier alpha value is -7.05. The fraction of sp³-hybridized carbons (Fsp3) is 0.100. The van der Waals surface area contributed by atoms with Crippen molar-refractivity contribution in [2.75, 3.05) is 16.5 Å². The highest BCUT2D eigenvalue weighted by atomic mass is 16.5.